The van der Waals surface area contributed by atoms with E-state index in [1.165, 1.54) is 0 Å². The summed E-state index contributed by atoms with van der Waals surface area (Å²) in [5.41, 5.74) is 1.05. The van der Waals surface area contributed by atoms with Crippen molar-refractivity contribution >= 4 is 5.82 Å². The van der Waals surface area contributed by atoms with Crippen LogP contribution in [0.3, 0.4) is 0 Å². The third kappa shape index (κ3) is 2.92. The monoisotopic (exact) mass is 348 g/mol. The van der Waals surface area contributed by atoms with Crippen molar-refractivity contribution in [3.05, 3.63) is 54.9 Å². The molecule has 5 rings (SSSR count). The van der Waals surface area contributed by atoms with Crippen LogP contribution in [-0.2, 0) is 6.54 Å². The van der Waals surface area contributed by atoms with E-state index in [2.05, 4.69) is 35.1 Å². The van der Waals surface area contributed by atoms with Crippen molar-refractivity contribution in [2.75, 3.05) is 31.1 Å². The Morgan fingerprint density at radius 3 is 2.54 bits per heavy atom. The van der Waals surface area contributed by atoms with Gasteiger partial charge in [0.15, 0.2) is 5.82 Å². The second-order valence-corrected chi connectivity index (χ2v) is 7.02. The van der Waals surface area contributed by atoms with E-state index in [1.807, 2.05) is 30.5 Å². The lowest BCUT2D eigenvalue weighted by Gasteiger charge is -2.22. The number of likely N-dealkylation sites (tertiary alicyclic amines) is 1. The molecule has 0 saturated carbocycles. The zero-order valence-electron chi connectivity index (χ0n) is 14.4. The second-order valence-electron chi connectivity index (χ2n) is 7.02. The van der Waals surface area contributed by atoms with Crippen LogP contribution in [0.4, 0.5) is 5.82 Å². The Balaban J connectivity index is 1.25. The number of hydrogen-bond donors (Lipinski definition) is 0. The molecule has 0 amide bonds. The molecule has 26 heavy (non-hydrogen) atoms. The molecular weight excluding hydrogens is 328 g/mol. The minimum absolute atomic E-state index is 0.676. The maximum absolute atomic E-state index is 4.49. The molecule has 0 aliphatic carbocycles. The minimum Gasteiger partial charge on any atom is -0.356 e. The molecule has 0 radical (unpaired) electrons. The average Bonchev–Trinajstić information content (AvgIpc) is 3.39. The lowest BCUT2D eigenvalue weighted by atomic mass is 10.0. The highest BCUT2D eigenvalue weighted by Gasteiger charge is 2.40. The van der Waals surface area contributed by atoms with Crippen molar-refractivity contribution in [3.8, 4) is 5.82 Å². The molecule has 2 aliphatic heterocycles. The van der Waals surface area contributed by atoms with Crippen LogP contribution in [0.1, 0.15) is 5.69 Å². The molecule has 8 nitrogen and oxygen atoms in total. The fourth-order valence-corrected chi connectivity index (χ4v) is 4.09. The number of hydrogen-bond acceptors (Lipinski definition) is 7. The Labute approximate surface area is 151 Å². The average molecular weight is 348 g/mol. The Bertz CT molecular complexity index is 852. The van der Waals surface area contributed by atoms with E-state index >= 15 is 0 Å². The molecule has 132 valence electrons. The zero-order valence-corrected chi connectivity index (χ0v) is 14.4. The standard InChI is InChI=1S/C18H20N8/c1-3-16(23-21-4-1)12-24-8-14-10-25(11-15(14)9-24)17-7-18(20-13-19-17)26-6-2-5-22-26/h1-7,13-15H,8-12H2. The van der Waals surface area contributed by atoms with Gasteiger partial charge in [0.2, 0.25) is 0 Å². The lowest BCUT2D eigenvalue weighted by Crippen LogP contribution is -2.29. The van der Waals surface area contributed by atoms with Crippen molar-refractivity contribution < 1.29 is 0 Å². The summed E-state index contributed by atoms with van der Waals surface area (Å²) in [6.45, 7) is 5.18. The Kier molecular flexibility index (Phi) is 3.82. The molecule has 3 aromatic rings. The van der Waals surface area contributed by atoms with Crippen LogP contribution >= 0.6 is 0 Å². The van der Waals surface area contributed by atoms with E-state index < -0.39 is 0 Å². The topological polar surface area (TPSA) is 75.9 Å². The van der Waals surface area contributed by atoms with E-state index in [9.17, 15) is 0 Å². The smallest absolute Gasteiger partial charge is 0.158 e. The fourth-order valence-electron chi connectivity index (χ4n) is 4.09. The van der Waals surface area contributed by atoms with Crippen LogP contribution in [0.25, 0.3) is 5.82 Å². The second kappa shape index (κ2) is 6.45. The van der Waals surface area contributed by atoms with E-state index in [1.54, 1.807) is 23.4 Å². The molecule has 2 aliphatic rings. The van der Waals surface area contributed by atoms with E-state index in [-0.39, 0.29) is 0 Å². The summed E-state index contributed by atoms with van der Waals surface area (Å²) >= 11 is 0. The van der Waals surface area contributed by atoms with Crippen LogP contribution in [0.15, 0.2) is 49.2 Å². The highest BCUT2D eigenvalue weighted by molar-refractivity contribution is 5.44. The molecule has 3 aromatic heterocycles. The lowest BCUT2D eigenvalue weighted by molar-refractivity contribution is 0.304. The highest BCUT2D eigenvalue weighted by atomic mass is 15.3. The molecule has 8 heteroatoms. The number of rotatable bonds is 4. The van der Waals surface area contributed by atoms with Crippen molar-refractivity contribution in [1.29, 1.82) is 0 Å². The molecule has 0 N–H and O–H groups in total. The molecule has 2 atom stereocenters. The van der Waals surface area contributed by atoms with Gasteiger partial charge in [0.05, 0.1) is 5.69 Å². The molecule has 2 saturated heterocycles. The van der Waals surface area contributed by atoms with Gasteiger partial charge in [-0.3, -0.25) is 4.90 Å². The Hall–Kier alpha value is -2.87. The van der Waals surface area contributed by atoms with Gasteiger partial charge >= 0.3 is 0 Å². The summed E-state index contributed by atoms with van der Waals surface area (Å²) in [7, 11) is 0. The van der Waals surface area contributed by atoms with Gasteiger partial charge in [-0.05, 0) is 30.0 Å². The van der Waals surface area contributed by atoms with Gasteiger partial charge in [0, 0.05) is 57.4 Å². The van der Waals surface area contributed by atoms with Crippen molar-refractivity contribution in [3.63, 3.8) is 0 Å². The van der Waals surface area contributed by atoms with Gasteiger partial charge in [-0.2, -0.15) is 15.3 Å². The first-order valence-electron chi connectivity index (χ1n) is 8.91. The summed E-state index contributed by atoms with van der Waals surface area (Å²) in [5, 5.41) is 12.4. The first kappa shape index (κ1) is 15.4. The van der Waals surface area contributed by atoms with Gasteiger partial charge in [-0.15, -0.1) is 0 Å². The van der Waals surface area contributed by atoms with Crippen molar-refractivity contribution in [1.82, 2.24) is 34.8 Å². The largest absolute Gasteiger partial charge is 0.356 e. The van der Waals surface area contributed by atoms with Gasteiger partial charge < -0.3 is 4.90 Å². The maximum Gasteiger partial charge on any atom is 0.158 e. The normalized spacial score (nSPS) is 22.7. The highest BCUT2D eigenvalue weighted by Crippen LogP contribution is 2.33. The minimum atomic E-state index is 0.676. The molecule has 2 unspecified atom stereocenters. The summed E-state index contributed by atoms with van der Waals surface area (Å²) in [6, 6.07) is 7.91. The molecule has 0 spiro atoms. The third-order valence-corrected chi connectivity index (χ3v) is 5.28. The summed E-state index contributed by atoms with van der Waals surface area (Å²) in [4.78, 5) is 13.7. The summed E-state index contributed by atoms with van der Waals surface area (Å²) in [5.74, 6) is 3.14. The maximum atomic E-state index is 4.49. The zero-order chi connectivity index (χ0) is 17.3. The van der Waals surface area contributed by atoms with Gasteiger partial charge in [-0.25, -0.2) is 14.6 Å². The SMILES string of the molecule is c1cnnc(CN2CC3CN(c4cc(-n5cccn5)ncn4)CC3C2)c1. The van der Waals surface area contributed by atoms with Gasteiger partial charge in [0.25, 0.3) is 0 Å². The fraction of sp³-hybridized carbons (Fsp3) is 0.389. The first-order valence-corrected chi connectivity index (χ1v) is 8.91. The summed E-state index contributed by atoms with van der Waals surface area (Å²) < 4.78 is 1.77. The first-order chi connectivity index (χ1) is 12.8. The van der Waals surface area contributed by atoms with Gasteiger partial charge in [0.1, 0.15) is 12.1 Å². The van der Waals surface area contributed by atoms with Crippen LogP contribution < -0.4 is 4.90 Å². The molecular formula is C18H20N8. The Morgan fingerprint density at radius 1 is 0.962 bits per heavy atom. The van der Waals surface area contributed by atoms with Crippen molar-refractivity contribution in [2.45, 2.75) is 6.54 Å². The third-order valence-electron chi connectivity index (χ3n) is 5.28. The van der Waals surface area contributed by atoms with E-state index in [0.717, 1.165) is 50.1 Å². The molecule has 2 fully saturated rings. The molecule has 0 bridgehead atoms. The molecule has 5 heterocycles. The predicted molar refractivity (Wildman–Crippen MR) is 95.7 cm³/mol. The van der Waals surface area contributed by atoms with E-state index in [4.69, 9.17) is 0 Å². The number of aromatic nitrogens is 6. The van der Waals surface area contributed by atoms with Crippen molar-refractivity contribution in [2.24, 2.45) is 11.8 Å². The number of nitrogens with zero attached hydrogens (tertiary/aromatic N) is 8. The van der Waals surface area contributed by atoms with E-state index in [0.29, 0.717) is 11.8 Å². The van der Waals surface area contributed by atoms with Crippen LogP contribution in [0.2, 0.25) is 0 Å². The Morgan fingerprint density at radius 2 is 1.81 bits per heavy atom. The summed E-state index contributed by atoms with van der Waals surface area (Å²) in [6.07, 6.45) is 7.00. The van der Waals surface area contributed by atoms with Crippen LogP contribution in [-0.4, -0.2) is 61.0 Å². The van der Waals surface area contributed by atoms with Crippen LogP contribution in [0, 0.1) is 11.8 Å². The number of fused-ring (bicyclic) bond motifs is 1. The van der Waals surface area contributed by atoms with Gasteiger partial charge in [-0.1, -0.05) is 0 Å². The number of anilines is 1. The van der Waals surface area contributed by atoms with Crippen LogP contribution in [0.5, 0.6) is 0 Å². The molecule has 0 aromatic carbocycles. The predicted octanol–water partition coefficient (Wildman–Crippen LogP) is 1.02. The quantitative estimate of drug-likeness (QED) is 0.697.